The number of benzene rings is 1. The molecule has 1 aromatic carbocycles. The lowest BCUT2D eigenvalue weighted by Gasteiger charge is -2.20. The molecule has 114 valence electrons. The highest BCUT2D eigenvalue weighted by molar-refractivity contribution is 5.91. The van der Waals surface area contributed by atoms with E-state index in [0.717, 1.165) is 11.6 Å². The molecule has 1 aliphatic rings. The van der Waals surface area contributed by atoms with Crippen LogP contribution in [0.15, 0.2) is 42.1 Å². The summed E-state index contributed by atoms with van der Waals surface area (Å²) in [6.45, 7) is 1.76. The molecule has 2 rings (SSSR count). The summed E-state index contributed by atoms with van der Waals surface area (Å²) in [5, 5.41) is 2.79. The summed E-state index contributed by atoms with van der Waals surface area (Å²) >= 11 is 0. The van der Waals surface area contributed by atoms with Gasteiger partial charge in [0.1, 0.15) is 0 Å². The lowest BCUT2D eigenvalue weighted by atomic mass is 10.0. The quantitative estimate of drug-likeness (QED) is 0.821. The number of amides is 1. The number of hydrogen-bond donors (Lipinski definition) is 2. The van der Waals surface area contributed by atoms with Gasteiger partial charge in [-0.3, -0.25) is 4.79 Å². The third-order valence-corrected chi connectivity index (χ3v) is 3.71. The normalized spacial score (nSPS) is 19.0. The number of halogens is 3. The van der Waals surface area contributed by atoms with E-state index in [9.17, 15) is 18.0 Å². The van der Waals surface area contributed by atoms with E-state index < -0.39 is 17.5 Å². The van der Waals surface area contributed by atoms with Gasteiger partial charge < -0.3 is 11.1 Å². The van der Waals surface area contributed by atoms with E-state index in [-0.39, 0.29) is 24.6 Å². The summed E-state index contributed by atoms with van der Waals surface area (Å²) in [5.41, 5.74) is 3.99. The van der Waals surface area contributed by atoms with Crippen LogP contribution in [-0.2, 0) is 4.79 Å². The Bertz CT molecular complexity index is 548. The third-order valence-electron chi connectivity index (χ3n) is 3.71. The van der Waals surface area contributed by atoms with Crippen molar-refractivity contribution in [2.75, 3.05) is 0 Å². The summed E-state index contributed by atoms with van der Waals surface area (Å²) in [4.78, 5) is 11.4. The molecule has 0 unspecified atom stereocenters. The van der Waals surface area contributed by atoms with Crippen molar-refractivity contribution < 1.29 is 18.0 Å². The van der Waals surface area contributed by atoms with Crippen LogP contribution >= 0.6 is 0 Å². The molecule has 0 aromatic heterocycles. The van der Waals surface area contributed by atoms with Crippen molar-refractivity contribution in [2.24, 2.45) is 11.1 Å². The number of rotatable bonds is 5. The molecule has 0 spiro atoms. The van der Waals surface area contributed by atoms with Gasteiger partial charge in [0.25, 0.3) is 5.91 Å². The zero-order chi connectivity index (χ0) is 15.7. The van der Waals surface area contributed by atoms with Gasteiger partial charge in [0.05, 0.1) is 11.1 Å². The van der Waals surface area contributed by atoms with E-state index in [4.69, 9.17) is 5.73 Å². The van der Waals surface area contributed by atoms with Gasteiger partial charge in [-0.15, -0.1) is 0 Å². The van der Waals surface area contributed by atoms with E-state index in [0.29, 0.717) is 0 Å². The van der Waals surface area contributed by atoms with Gasteiger partial charge in [-0.1, -0.05) is 30.3 Å². The molecule has 0 saturated heterocycles. The number of alkyl halides is 3. The average Bonchev–Trinajstić information content (AvgIpc) is 3.19. The number of primary amides is 1. The second-order valence-electron chi connectivity index (χ2n) is 5.35. The van der Waals surface area contributed by atoms with Crippen molar-refractivity contribution >= 4 is 5.91 Å². The first-order valence-corrected chi connectivity index (χ1v) is 6.66. The highest BCUT2D eigenvalue weighted by Crippen LogP contribution is 2.59. The van der Waals surface area contributed by atoms with Gasteiger partial charge in [0, 0.05) is 6.04 Å². The molecule has 0 aliphatic heterocycles. The lowest BCUT2D eigenvalue weighted by Crippen LogP contribution is -2.32. The Morgan fingerprint density at radius 1 is 1.33 bits per heavy atom. The largest absolute Gasteiger partial charge is 0.397 e. The molecule has 1 amide bonds. The van der Waals surface area contributed by atoms with E-state index in [1.165, 1.54) is 0 Å². The maximum absolute atomic E-state index is 13.0. The zero-order valence-corrected chi connectivity index (χ0v) is 11.6. The smallest absolute Gasteiger partial charge is 0.374 e. The van der Waals surface area contributed by atoms with Crippen molar-refractivity contribution in [3.8, 4) is 0 Å². The lowest BCUT2D eigenvalue weighted by molar-refractivity contribution is -0.172. The molecule has 21 heavy (non-hydrogen) atoms. The van der Waals surface area contributed by atoms with E-state index in [1.807, 2.05) is 30.3 Å². The summed E-state index contributed by atoms with van der Waals surface area (Å²) in [5.74, 6) is -0.881. The summed E-state index contributed by atoms with van der Waals surface area (Å²) in [6.07, 6.45) is -3.43. The molecule has 1 saturated carbocycles. The molecule has 1 atom stereocenters. The molecule has 0 heterocycles. The fourth-order valence-electron chi connectivity index (χ4n) is 2.16. The monoisotopic (exact) mass is 298 g/mol. The average molecular weight is 298 g/mol. The molecule has 0 radical (unpaired) electrons. The van der Waals surface area contributed by atoms with Gasteiger partial charge >= 0.3 is 6.18 Å². The van der Waals surface area contributed by atoms with Gasteiger partial charge in [0.15, 0.2) is 0 Å². The van der Waals surface area contributed by atoms with Crippen LogP contribution in [-0.4, -0.2) is 12.1 Å². The zero-order valence-electron chi connectivity index (χ0n) is 11.6. The molecule has 1 aliphatic carbocycles. The highest BCUT2D eigenvalue weighted by Gasteiger charge is 2.62. The van der Waals surface area contributed by atoms with Crippen LogP contribution in [0.4, 0.5) is 13.2 Å². The predicted octanol–water partition coefficient (Wildman–Crippen LogP) is 3.05. The van der Waals surface area contributed by atoms with E-state index >= 15 is 0 Å². The molecule has 3 N–H and O–H groups in total. The van der Waals surface area contributed by atoms with Crippen LogP contribution in [0.1, 0.15) is 31.4 Å². The number of carbonyl (C=O) groups is 1. The Balaban J connectivity index is 2.20. The van der Waals surface area contributed by atoms with Crippen molar-refractivity contribution in [3.63, 3.8) is 0 Å². The van der Waals surface area contributed by atoms with Gasteiger partial charge in [-0.05, 0) is 31.4 Å². The second-order valence-corrected chi connectivity index (χ2v) is 5.35. The van der Waals surface area contributed by atoms with Gasteiger partial charge in [-0.2, -0.15) is 13.2 Å². The molecule has 6 heteroatoms. The molecule has 3 nitrogen and oxygen atoms in total. The minimum absolute atomic E-state index is 0.00528. The van der Waals surface area contributed by atoms with Crippen molar-refractivity contribution in [1.82, 2.24) is 5.32 Å². The van der Waals surface area contributed by atoms with Gasteiger partial charge in [-0.25, -0.2) is 0 Å². The Morgan fingerprint density at radius 3 is 2.33 bits per heavy atom. The Kier molecular flexibility index (Phi) is 3.98. The van der Waals surface area contributed by atoms with Crippen molar-refractivity contribution in [2.45, 2.75) is 32.0 Å². The number of nitrogens with two attached hydrogens (primary N) is 1. The van der Waals surface area contributed by atoms with Crippen LogP contribution in [0.3, 0.4) is 0 Å². The molecule has 1 aromatic rings. The standard InChI is InChI=1S/C15H17F3N2O/c1-10(11-5-3-2-4-6-11)20-12(13(19)21)9-14(7-8-14)15(16,17)18/h2-6,9-10,20H,7-8H2,1H3,(H2,19,21)/b12-9+/t10-/m1/s1. The Labute approximate surface area is 121 Å². The van der Waals surface area contributed by atoms with Gasteiger partial charge in [0.2, 0.25) is 0 Å². The topological polar surface area (TPSA) is 55.1 Å². The summed E-state index contributed by atoms with van der Waals surface area (Å²) in [6, 6.07) is 8.82. The Hall–Kier alpha value is -1.98. The maximum atomic E-state index is 13.0. The first kappa shape index (κ1) is 15.4. The molecular weight excluding hydrogens is 281 g/mol. The van der Waals surface area contributed by atoms with Crippen LogP contribution in [0, 0.1) is 5.41 Å². The maximum Gasteiger partial charge on any atom is 0.397 e. The summed E-state index contributed by atoms with van der Waals surface area (Å²) in [7, 11) is 0. The molecule has 1 fully saturated rings. The minimum atomic E-state index is -4.36. The minimum Gasteiger partial charge on any atom is -0.374 e. The van der Waals surface area contributed by atoms with Crippen LogP contribution in [0.5, 0.6) is 0 Å². The first-order chi connectivity index (χ1) is 9.75. The number of allylic oxidation sites excluding steroid dienone is 1. The SMILES string of the molecule is C[C@@H](N/C(=C/C1(C(F)(F)F)CC1)C(N)=O)c1ccccc1. The molecular formula is C15H17F3N2O. The van der Waals surface area contributed by atoms with Crippen LogP contribution in [0.2, 0.25) is 0 Å². The highest BCUT2D eigenvalue weighted by atomic mass is 19.4. The van der Waals surface area contributed by atoms with Crippen molar-refractivity contribution in [3.05, 3.63) is 47.7 Å². The van der Waals surface area contributed by atoms with Crippen LogP contribution in [0.25, 0.3) is 0 Å². The number of nitrogens with one attached hydrogen (secondary N) is 1. The van der Waals surface area contributed by atoms with E-state index in [2.05, 4.69) is 5.32 Å². The summed E-state index contributed by atoms with van der Waals surface area (Å²) < 4.78 is 38.9. The van der Waals surface area contributed by atoms with E-state index in [1.54, 1.807) is 6.92 Å². The first-order valence-electron chi connectivity index (χ1n) is 6.66. The molecule has 0 bridgehead atoms. The fraction of sp³-hybridized carbons (Fsp3) is 0.400. The number of hydrogen-bond acceptors (Lipinski definition) is 2. The van der Waals surface area contributed by atoms with Crippen LogP contribution < -0.4 is 11.1 Å². The third kappa shape index (κ3) is 3.37. The fourth-order valence-corrected chi connectivity index (χ4v) is 2.16. The predicted molar refractivity (Wildman–Crippen MR) is 73.0 cm³/mol. The second kappa shape index (κ2) is 5.42. The number of carbonyl (C=O) groups excluding carboxylic acids is 1. The van der Waals surface area contributed by atoms with Crippen molar-refractivity contribution in [1.29, 1.82) is 0 Å². The Morgan fingerprint density at radius 2 is 1.90 bits per heavy atom.